The topological polar surface area (TPSA) is 122 Å². The molecule has 0 saturated carbocycles. The van der Waals surface area contributed by atoms with Crippen LogP contribution in [0.3, 0.4) is 0 Å². The van der Waals surface area contributed by atoms with Gasteiger partial charge in [-0.3, -0.25) is 9.59 Å². The van der Waals surface area contributed by atoms with Gasteiger partial charge in [0.25, 0.3) is 5.91 Å². The predicted molar refractivity (Wildman–Crippen MR) is 72.5 cm³/mol. The minimum absolute atomic E-state index is 0.0436. The molecule has 2 N–H and O–H groups in total. The van der Waals surface area contributed by atoms with Crippen molar-refractivity contribution < 1.29 is 33.8 Å². The highest BCUT2D eigenvalue weighted by molar-refractivity contribution is 6.12. The van der Waals surface area contributed by atoms with Crippen LogP contribution >= 0.6 is 0 Å². The number of nitrogens with zero attached hydrogens (tertiary/aromatic N) is 1. The van der Waals surface area contributed by atoms with Crippen molar-refractivity contribution in [2.45, 2.75) is 19.9 Å². The first-order chi connectivity index (χ1) is 10.3. The van der Waals surface area contributed by atoms with Crippen LogP contribution in [0.2, 0.25) is 0 Å². The second-order valence-electron chi connectivity index (χ2n) is 4.33. The average Bonchev–Trinajstić information content (AvgIpc) is 2.69. The number of carboxylic acid groups (broad SMARTS) is 1. The molecule has 22 heavy (non-hydrogen) atoms. The number of carbonyl (C=O) groups is 4. The third kappa shape index (κ3) is 3.54. The third-order valence-electron chi connectivity index (χ3n) is 2.89. The van der Waals surface area contributed by atoms with Crippen molar-refractivity contribution in [3.63, 3.8) is 0 Å². The highest BCUT2D eigenvalue weighted by Gasteiger charge is 2.46. The molecule has 0 aromatic carbocycles. The van der Waals surface area contributed by atoms with E-state index in [-0.39, 0.29) is 24.5 Å². The Morgan fingerprint density at radius 2 is 1.82 bits per heavy atom. The number of rotatable bonds is 7. The van der Waals surface area contributed by atoms with Crippen LogP contribution in [0.5, 0.6) is 0 Å². The van der Waals surface area contributed by atoms with Crippen molar-refractivity contribution in [3.05, 3.63) is 11.3 Å². The van der Waals surface area contributed by atoms with Gasteiger partial charge in [0.05, 0.1) is 18.8 Å². The fourth-order valence-corrected chi connectivity index (χ4v) is 1.99. The van der Waals surface area contributed by atoms with Gasteiger partial charge < -0.3 is 24.8 Å². The molecule has 0 bridgehead atoms. The summed E-state index contributed by atoms with van der Waals surface area (Å²) in [5, 5.41) is 11.1. The van der Waals surface area contributed by atoms with Crippen LogP contribution in [-0.4, -0.2) is 66.7 Å². The molecular formula is C13H18N2O7. The fourth-order valence-electron chi connectivity index (χ4n) is 1.99. The molecule has 122 valence electrons. The number of likely N-dealkylation sites (N-methyl/N-ethyl adjacent to an activating group) is 1. The molecule has 9 nitrogen and oxygen atoms in total. The monoisotopic (exact) mass is 314 g/mol. The van der Waals surface area contributed by atoms with E-state index in [1.165, 1.54) is 7.05 Å². The Bertz CT molecular complexity index is 526. The van der Waals surface area contributed by atoms with E-state index in [9.17, 15) is 19.2 Å². The molecule has 9 heteroatoms. The number of hydrogen-bond donors (Lipinski definition) is 2. The second-order valence-corrected chi connectivity index (χ2v) is 4.33. The summed E-state index contributed by atoms with van der Waals surface area (Å²) >= 11 is 0. The van der Waals surface area contributed by atoms with Crippen molar-refractivity contribution in [1.29, 1.82) is 0 Å². The smallest absolute Gasteiger partial charge is 0.339 e. The zero-order valence-electron chi connectivity index (χ0n) is 12.5. The lowest BCUT2D eigenvalue weighted by Crippen LogP contribution is -2.41. The molecule has 0 fully saturated rings. The van der Waals surface area contributed by atoms with E-state index in [4.69, 9.17) is 14.6 Å². The zero-order chi connectivity index (χ0) is 16.9. The Labute approximate surface area is 126 Å². The van der Waals surface area contributed by atoms with Gasteiger partial charge >= 0.3 is 17.9 Å². The van der Waals surface area contributed by atoms with Crippen molar-refractivity contribution in [1.82, 2.24) is 10.2 Å². The van der Waals surface area contributed by atoms with E-state index >= 15 is 0 Å². The summed E-state index contributed by atoms with van der Waals surface area (Å²) in [4.78, 5) is 47.9. The Kier molecular flexibility index (Phi) is 5.90. The highest BCUT2D eigenvalue weighted by atomic mass is 16.5. The summed E-state index contributed by atoms with van der Waals surface area (Å²) in [5.74, 6) is -3.55. The lowest BCUT2D eigenvalue weighted by atomic mass is 10.1. The lowest BCUT2D eigenvalue weighted by Gasteiger charge is -2.19. The van der Waals surface area contributed by atoms with Gasteiger partial charge in [-0.1, -0.05) is 0 Å². The summed E-state index contributed by atoms with van der Waals surface area (Å²) in [6, 6.07) is -1.26. The average molecular weight is 314 g/mol. The molecule has 1 rings (SSSR count). The predicted octanol–water partition coefficient (Wildman–Crippen LogP) is -1.12. The maximum absolute atomic E-state index is 12.2. The van der Waals surface area contributed by atoms with Gasteiger partial charge in [0, 0.05) is 7.05 Å². The van der Waals surface area contributed by atoms with E-state index < -0.39 is 36.4 Å². The van der Waals surface area contributed by atoms with Gasteiger partial charge in [0.15, 0.2) is 6.04 Å². The molecular weight excluding hydrogens is 296 g/mol. The van der Waals surface area contributed by atoms with Crippen LogP contribution in [0.4, 0.5) is 0 Å². The summed E-state index contributed by atoms with van der Waals surface area (Å²) in [6.07, 6.45) is 0. The molecule has 1 amide bonds. The van der Waals surface area contributed by atoms with E-state index in [1.54, 1.807) is 13.8 Å². The SMILES string of the molecule is CCOC(=O)C1=C(NCC(=O)O)C(=O)N(C)C1C(=O)OCC. The molecule has 1 unspecified atom stereocenters. The minimum Gasteiger partial charge on any atom is -0.480 e. The van der Waals surface area contributed by atoms with Crippen molar-refractivity contribution in [2.75, 3.05) is 26.8 Å². The van der Waals surface area contributed by atoms with Crippen molar-refractivity contribution >= 4 is 23.8 Å². The van der Waals surface area contributed by atoms with Crippen LogP contribution < -0.4 is 5.32 Å². The van der Waals surface area contributed by atoms with E-state index in [1.807, 2.05) is 0 Å². The largest absolute Gasteiger partial charge is 0.480 e. The molecule has 1 aliphatic rings. The number of aliphatic carboxylic acids is 1. The minimum atomic E-state index is -1.26. The van der Waals surface area contributed by atoms with Crippen LogP contribution in [0.25, 0.3) is 0 Å². The van der Waals surface area contributed by atoms with Gasteiger partial charge in [-0.05, 0) is 13.8 Å². The van der Waals surface area contributed by atoms with Gasteiger partial charge in [0.1, 0.15) is 12.2 Å². The second kappa shape index (κ2) is 7.43. The van der Waals surface area contributed by atoms with Gasteiger partial charge in [-0.25, -0.2) is 9.59 Å². The standard InChI is InChI=1S/C13H18N2O7/c1-4-21-12(19)8-9(14-6-7(16)17)11(18)15(3)10(8)13(20)22-5-2/h10,14H,4-6H2,1-3H3,(H,16,17). The number of carbonyl (C=O) groups excluding carboxylic acids is 3. The normalized spacial score (nSPS) is 17.5. The Balaban J connectivity index is 3.23. The molecule has 1 aliphatic heterocycles. The van der Waals surface area contributed by atoms with Gasteiger partial charge in [-0.15, -0.1) is 0 Å². The van der Waals surface area contributed by atoms with E-state index in [0.717, 1.165) is 4.90 Å². The highest BCUT2D eigenvalue weighted by Crippen LogP contribution is 2.25. The number of nitrogens with one attached hydrogen (secondary N) is 1. The summed E-state index contributed by atoms with van der Waals surface area (Å²) in [7, 11) is 1.32. The summed E-state index contributed by atoms with van der Waals surface area (Å²) < 4.78 is 9.71. The van der Waals surface area contributed by atoms with Crippen LogP contribution in [0.1, 0.15) is 13.8 Å². The number of ether oxygens (including phenoxy) is 2. The number of hydrogen-bond acceptors (Lipinski definition) is 7. The molecule has 0 radical (unpaired) electrons. The first kappa shape index (κ1) is 17.5. The molecule has 1 atom stereocenters. The maximum atomic E-state index is 12.2. The quantitative estimate of drug-likeness (QED) is 0.567. The molecule has 0 saturated heterocycles. The summed E-state index contributed by atoms with van der Waals surface area (Å²) in [6.45, 7) is 2.70. The van der Waals surface area contributed by atoms with E-state index in [2.05, 4.69) is 5.32 Å². The Morgan fingerprint density at radius 3 is 2.32 bits per heavy atom. The third-order valence-corrected chi connectivity index (χ3v) is 2.89. The molecule has 0 aromatic rings. The van der Waals surface area contributed by atoms with Crippen LogP contribution in [-0.2, 0) is 28.7 Å². The zero-order valence-corrected chi connectivity index (χ0v) is 12.5. The first-order valence-corrected chi connectivity index (χ1v) is 6.65. The van der Waals surface area contributed by atoms with Crippen molar-refractivity contribution in [2.24, 2.45) is 0 Å². The maximum Gasteiger partial charge on any atom is 0.339 e. The number of amides is 1. The molecule has 0 aromatic heterocycles. The number of carboxylic acids is 1. The Morgan fingerprint density at radius 1 is 1.23 bits per heavy atom. The molecule has 1 heterocycles. The van der Waals surface area contributed by atoms with Crippen molar-refractivity contribution in [3.8, 4) is 0 Å². The van der Waals surface area contributed by atoms with Crippen LogP contribution in [0.15, 0.2) is 11.3 Å². The summed E-state index contributed by atoms with van der Waals surface area (Å²) in [5.41, 5.74) is -0.504. The Hall–Kier alpha value is -2.58. The molecule has 0 spiro atoms. The molecule has 0 aliphatic carbocycles. The van der Waals surface area contributed by atoms with Gasteiger partial charge in [0.2, 0.25) is 0 Å². The van der Waals surface area contributed by atoms with E-state index in [0.29, 0.717) is 0 Å². The number of esters is 2. The lowest BCUT2D eigenvalue weighted by molar-refractivity contribution is -0.152. The van der Waals surface area contributed by atoms with Crippen LogP contribution in [0, 0.1) is 0 Å². The fraction of sp³-hybridized carbons (Fsp3) is 0.538. The van der Waals surface area contributed by atoms with Gasteiger partial charge in [-0.2, -0.15) is 0 Å². The first-order valence-electron chi connectivity index (χ1n) is 6.65.